The number of aryl methyl sites for hydroxylation is 1. The fraction of sp³-hybridized carbons (Fsp3) is 0.375. The Morgan fingerprint density at radius 2 is 2.23 bits per heavy atom. The zero-order chi connectivity index (χ0) is 10.0. The summed E-state index contributed by atoms with van der Waals surface area (Å²) in [4.78, 5) is 3.95. The molecule has 0 aromatic carbocycles. The quantitative estimate of drug-likeness (QED) is 0.461. The summed E-state index contributed by atoms with van der Waals surface area (Å²) in [5, 5.41) is 0. The van der Waals surface area contributed by atoms with Crippen LogP contribution >= 0.6 is 34.2 Å². The first-order valence-corrected chi connectivity index (χ1v) is 5.17. The molecule has 0 aliphatic heterocycles. The first-order valence-electron chi connectivity index (χ1n) is 3.56. The minimum Gasteiger partial charge on any atom is -0.247 e. The summed E-state index contributed by atoms with van der Waals surface area (Å²) in [5.74, 6) is 0.0963. The lowest BCUT2D eigenvalue weighted by atomic mass is 10.1. The van der Waals surface area contributed by atoms with Crippen molar-refractivity contribution in [3.05, 3.63) is 26.6 Å². The summed E-state index contributed by atoms with van der Waals surface area (Å²) in [6.45, 7) is 1.76. The second-order valence-corrected chi connectivity index (χ2v) is 3.85. The van der Waals surface area contributed by atoms with Crippen LogP contribution in [0.3, 0.4) is 0 Å². The molecule has 1 aromatic rings. The standard InChI is InChI=1S/C8H7ClF2IN/c1-4-2-5(3-9)6(7(10)11)8(12)13-4/h2,7H,3H2,1H3. The maximum Gasteiger partial charge on any atom is 0.266 e. The van der Waals surface area contributed by atoms with Crippen molar-refractivity contribution in [2.45, 2.75) is 19.2 Å². The van der Waals surface area contributed by atoms with Gasteiger partial charge >= 0.3 is 0 Å². The molecule has 1 nitrogen and oxygen atoms in total. The van der Waals surface area contributed by atoms with Gasteiger partial charge in [0.25, 0.3) is 6.43 Å². The van der Waals surface area contributed by atoms with Crippen LogP contribution in [0.15, 0.2) is 6.07 Å². The largest absolute Gasteiger partial charge is 0.266 e. The van der Waals surface area contributed by atoms with Crippen molar-refractivity contribution in [2.24, 2.45) is 0 Å². The molecular weight excluding hydrogens is 310 g/mol. The van der Waals surface area contributed by atoms with Gasteiger partial charge in [0.15, 0.2) is 0 Å². The highest BCUT2D eigenvalue weighted by Crippen LogP contribution is 2.28. The van der Waals surface area contributed by atoms with E-state index in [2.05, 4.69) is 4.98 Å². The first-order chi connectivity index (χ1) is 6.06. The molecule has 0 amide bonds. The molecule has 1 aromatic heterocycles. The van der Waals surface area contributed by atoms with Gasteiger partial charge in [0, 0.05) is 11.6 Å². The number of hydrogen-bond acceptors (Lipinski definition) is 1. The Hall–Kier alpha value is 0.0300. The van der Waals surface area contributed by atoms with Crippen molar-refractivity contribution in [3.63, 3.8) is 0 Å². The maximum absolute atomic E-state index is 12.5. The van der Waals surface area contributed by atoms with Crippen LogP contribution in [0.25, 0.3) is 0 Å². The Labute approximate surface area is 93.6 Å². The maximum atomic E-state index is 12.5. The number of nitrogens with zero attached hydrogens (tertiary/aromatic N) is 1. The van der Waals surface area contributed by atoms with E-state index in [1.54, 1.807) is 35.6 Å². The van der Waals surface area contributed by atoms with Crippen LogP contribution in [0.4, 0.5) is 8.78 Å². The minimum absolute atomic E-state index is 0.0406. The topological polar surface area (TPSA) is 12.9 Å². The zero-order valence-corrected chi connectivity index (χ0v) is 9.73. The van der Waals surface area contributed by atoms with Crippen molar-refractivity contribution in [1.82, 2.24) is 4.98 Å². The lowest BCUT2D eigenvalue weighted by molar-refractivity contribution is 0.149. The van der Waals surface area contributed by atoms with Crippen LogP contribution in [-0.4, -0.2) is 4.98 Å². The van der Waals surface area contributed by atoms with Gasteiger partial charge in [0.1, 0.15) is 3.70 Å². The van der Waals surface area contributed by atoms with Gasteiger partial charge in [-0.2, -0.15) is 0 Å². The molecule has 0 N–H and O–H groups in total. The summed E-state index contributed by atoms with van der Waals surface area (Å²) in [6.07, 6.45) is -2.51. The lowest BCUT2D eigenvalue weighted by Crippen LogP contribution is -2.00. The molecule has 0 atom stereocenters. The van der Waals surface area contributed by atoms with E-state index in [9.17, 15) is 8.78 Å². The van der Waals surface area contributed by atoms with Crippen molar-refractivity contribution in [2.75, 3.05) is 0 Å². The molecule has 0 aliphatic carbocycles. The lowest BCUT2D eigenvalue weighted by Gasteiger charge is -2.08. The molecule has 0 aliphatic rings. The van der Waals surface area contributed by atoms with Crippen molar-refractivity contribution >= 4 is 34.2 Å². The van der Waals surface area contributed by atoms with E-state index >= 15 is 0 Å². The summed E-state index contributed by atoms with van der Waals surface area (Å²) >= 11 is 7.36. The predicted molar refractivity (Wildman–Crippen MR) is 56.2 cm³/mol. The Morgan fingerprint density at radius 1 is 1.62 bits per heavy atom. The second-order valence-electron chi connectivity index (χ2n) is 2.56. The highest BCUT2D eigenvalue weighted by atomic mass is 127. The van der Waals surface area contributed by atoms with Crippen LogP contribution in [0.2, 0.25) is 0 Å². The zero-order valence-electron chi connectivity index (χ0n) is 6.82. The molecule has 5 heteroatoms. The van der Waals surface area contributed by atoms with E-state index in [-0.39, 0.29) is 11.4 Å². The summed E-state index contributed by atoms with van der Waals surface area (Å²) in [7, 11) is 0. The van der Waals surface area contributed by atoms with Crippen molar-refractivity contribution in [3.8, 4) is 0 Å². The van der Waals surface area contributed by atoms with Gasteiger partial charge in [-0.1, -0.05) is 0 Å². The molecule has 0 unspecified atom stereocenters. The predicted octanol–water partition coefficient (Wildman–Crippen LogP) is 3.67. The Kier molecular flexibility index (Phi) is 3.85. The highest BCUT2D eigenvalue weighted by molar-refractivity contribution is 14.1. The van der Waals surface area contributed by atoms with Gasteiger partial charge in [-0.05, 0) is 41.1 Å². The van der Waals surface area contributed by atoms with Crippen LogP contribution in [0.1, 0.15) is 23.2 Å². The number of hydrogen-bond donors (Lipinski definition) is 0. The van der Waals surface area contributed by atoms with Crippen LogP contribution in [-0.2, 0) is 5.88 Å². The number of rotatable bonds is 2. The molecule has 13 heavy (non-hydrogen) atoms. The van der Waals surface area contributed by atoms with Crippen LogP contribution in [0.5, 0.6) is 0 Å². The molecule has 0 saturated carbocycles. The van der Waals surface area contributed by atoms with Crippen LogP contribution < -0.4 is 0 Å². The fourth-order valence-corrected chi connectivity index (χ4v) is 2.23. The first kappa shape index (κ1) is 11.1. The Balaban J connectivity index is 3.30. The minimum atomic E-state index is -2.51. The van der Waals surface area contributed by atoms with E-state index in [1.165, 1.54) is 0 Å². The van der Waals surface area contributed by atoms with Gasteiger partial charge in [0.05, 0.1) is 5.56 Å². The van der Waals surface area contributed by atoms with Gasteiger partial charge in [-0.25, -0.2) is 13.8 Å². The van der Waals surface area contributed by atoms with Gasteiger partial charge in [-0.15, -0.1) is 11.6 Å². The number of halogens is 4. The third-order valence-electron chi connectivity index (χ3n) is 1.59. The average Bonchev–Trinajstić information content (AvgIpc) is 2.01. The smallest absolute Gasteiger partial charge is 0.247 e. The Bertz CT molecular complexity index is 317. The fourth-order valence-electron chi connectivity index (χ4n) is 1.05. The second kappa shape index (κ2) is 4.50. The van der Waals surface area contributed by atoms with Gasteiger partial charge in [0.2, 0.25) is 0 Å². The van der Waals surface area contributed by atoms with E-state index in [4.69, 9.17) is 11.6 Å². The van der Waals surface area contributed by atoms with Crippen molar-refractivity contribution in [1.29, 1.82) is 0 Å². The van der Waals surface area contributed by atoms with E-state index < -0.39 is 6.43 Å². The van der Waals surface area contributed by atoms with Crippen molar-refractivity contribution < 1.29 is 8.78 Å². The molecule has 72 valence electrons. The Morgan fingerprint density at radius 3 is 2.69 bits per heavy atom. The summed E-state index contributed by atoms with van der Waals surface area (Å²) in [5.41, 5.74) is 1.14. The molecule has 0 spiro atoms. The molecule has 0 radical (unpaired) electrons. The van der Waals surface area contributed by atoms with Crippen LogP contribution in [0, 0.1) is 10.6 Å². The SMILES string of the molecule is Cc1cc(CCl)c(C(F)F)c(I)n1. The molecule has 1 rings (SSSR count). The number of pyridine rings is 1. The highest BCUT2D eigenvalue weighted by Gasteiger charge is 2.17. The van der Waals surface area contributed by atoms with E-state index in [0.717, 1.165) is 0 Å². The molecule has 0 saturated heterocycles. The molecular formula is C8H7ClF2IN. The summed E-state index contributed by atoms with van der Waals surface area (Å²) < 4.78 is 25.3. The molecule has 1 heterocycles. The monoisotopic (exact) mass is 317 g/mol. The van der Waals surface area contributed by atoms with E-state index in [0.29, 0.717) is 15.0 Å². The summed E-state index contributed by atoms with van der Waals surface area (Å²) in [6, 6.07) is 1.59. The molecule has 0 bridgehead atoms. The third kappa shape index (κ3) is 2.49. The third-order valence-corrected chi connectivity index (χ3v) is 2.70. The average molecular weight is 318 g/mol. The molecule has 0 fully saturated rings. The number of alkyl halides is 3. The van der Waals surface area contributed by atoms with E-state index in [1.807, 2.05) is 0 Å². The van der Waals surface area contributed by atoms with Gasteiger partial charge < -0.3 is 0 Å². The number of aromatic nitrogens is 1. The normalized spacial score (nSPS) is 10.9. The van der Waals surface area contributed by atoms with Gasteiger partial charge in [-0.3, -0.25) is 0 Å².